The minimum absolute atomic E-state index is 0.119. The van der Waals surface area contributed by atoms with Gasteiger partial charge in [-0.15, -0.1) is 11.8 Å². The molecule has 0 aliphatic rings. The summed E-state index contributed by atoms with van der Waals surface area (Å²) in [5.74, 6) is -0.119. The van der Waals surface area contributed by atoms with E-state index in [1.165, 1.54) is 0 Å². The van der Waals surface area contributed by atoms with Crippen LogP contribution in [0.1, 0.15) is 29.8 Å². The second-order valence-corrected chi connectivity index (χ2v) is 7.15. The van der Waals surface area contributed by atoms with Crippen molar-refractivity contribution < 1.29 is 9.59 Å². The number of primary amides is 1. The Hall–Kier alpha value is -2.47. The molecule has 2 aromatic rings. The van der Waals surface area contributed by atoms with Crippen LogP contribution in [0.15, 0.2) is 53.4 Å². The van der Waals surface area contributed by atoms with Crippen molar-refractivity contribution in [2.45, 2.75) is 30.5 Å². The first-order valence-corrected chi connectivity index (χ1v) is 8.53. The van der Waals surface area contributed by atoms with Gasteiger partial charge in [0.05, 0.1) is 5.56 Å². The summed E-state index contributed by atoms with van der Waals surface area (Å²) in [5, 5.41) is 5.83. The predicted octanol–water partition coefficient (Wildman–Crippen LogP) is 3.61. The van der Waals surface area contributed by atoms with E-state index >= 15 is 0 Å². The third-order valence-electron chi connectivity index (χ3n) is 3.14. The zero-order valence-corrected chi connectivity index (χ0v) is 14.5. The topological polar surface area (TPSA) is 84.2 Å². The van der Waals surface area contributed by atoms with Crippen LogP contribution in [-0.2, 0) is 6.54 Å². The number of nitrogens with two attached hydrogens (primary N) is 1. The summed E-state index contributed by atoms with van der Waals surface area (Å²) >= 11 is 1.66. The average Bonchev–Trinajstić information content (AvgIpc) is 2.52. The van der Waals surface area contributed by atoms with Crippen molar-refractivity contribution in [1.82, 2.24) is 5.32 Å². The van der Waals surface area contributed by atoms with Gasteiger partial charge in [0.1, 0.15) is 0 Å². The van der Waals surface area contributed by atoms with Crippen molar-refractivity contribution >= 4 is 29.4 Å². The maximum absolute atomic E-state index is 12.5. The monoisotopic (exact) mass is 343 g/mol. The lowest BCUT2D eigenvalue weighted by molar-refractivity contribution is 0.0948. The fourth-order valence-corrected chi connectivity index (χ4v) is 3.14. The maximum Gasteiger partial charge on any atom is 0.316 e. The van der Waals surface area contributed by atoms with Gasteiger partial charge in [-0.1, -0.05) is 38.1 Å². The molecule has 2 rings (SSSR count). The number of anilines is 1. The second-order valence-electron chi connectivity index (χ2n) is 5.54. The molecule has 0 atom stereocenters. The lowest BCUT2D eigenvalue weighted by Crippen LogP contribution is -2.24. The van der Waals surface area contributed by atoms with E-state index in [4.69, 9.17) is 5.73 Å². The molecule has 5 nitrogen and oxygen atoms in total. The minimum atomic E-state index is -0.615. The van der Waals surface area contributed by atoms with Gasteiger partial charge in [0.25, 0.3) is 5.91 Å². The summed E-state index contributed by atoms with van der Waals surface area (Å²) < 4.78 is 0. The first-order valence-electron chi connectivity index (χ1n) is 7.65. The Balaban J connectivity index is 2.05. The zero-order valence-electron chi connectivity index (χ0n) is 13.7. The highest BCUT2D eigenvalue weighted by Gasteiger charge is 2.12. The summed E-state index contributed by atoms with van der Waals surface area (Å²) in [6, 6.07) is 14.1. The molecule has 0 saturated heterocycles. The molecule has 0 aliphatic carbocycles. The molecule has 0 radical (unpaired) electrons. The van der Waals surface area contributed by atoms with Gasteiger partial charge in [0, 0.05) is 22.4 Å². The van der Waals surface area contributed by atoms with Gasteiger partial charge in [0.2, 0.25) is 0 Å². The first-order chi connectivity index (χ1) is 11.5. The van der Waals surface area contributed by atoms with Crippen LogP contribution in [0.3, 0.4) is 0 Å². The van der Waals surface area contributed by atoms with Crippen LogP contribution in [0.4, 0.5) is 10.5 Å². The second kappa shape index (κ2) is 8.40. The number of hydrogen-bond acceptors (Lipinski definition) is 3. The van der Waals surface area contributed by atoms with Crippen molar-refractivity contribution in [2.75, 3.05) is 5.32 Å². The van der Waals surface area contributed by atoms with E-state index in [0.717, 1.165) is 10.5 Å². The van der Waals surface area contributed by atoms with Gasteiger partial charge in [-0.05, 0) is 29.8 Å². The normalized spacial score (nSPS) is 10.5. The summed E-state index contributed by atoms with van der Waals surface area (Å²) in [6.07, 6.45) is 0. The largest absolute Gasteiger partial charge is 0.351 e. The van der Waals surface area contributed by atoms with Gasteiger partial charge < -0.3 is 16.4 Å². The summed E-state index contributed by atoms with van der Waals surface area (Å²) in [4.78, 5) is 24.3. The zero-order chi connectivity index (χ0) is 17.5. The summed E-state index contributed by atoms with van der Waals surface area (Å²) in [6.45, 7) is 4.56. The number of thioether (sulfide) groups is 1. The molecule has 0 fully saturated rings. The highest BCUT2D eigenvalue weighted by Crippen LogP contribution is 2.26. The predicted molar refractivity (Wildman–Crippen MR) is 98.3 cm³/mol. The molecule has 0 heterocycles. The van der Waals surface area contributed by atoms with Crippen LogP contribution in [-0.4, -0.2) is 17.2 Å². The van der Waals surface area contributed by atoms with Crippen molar-refractivity contribution in [3.05, 3.63) is 59.7 Å². The molecule has 126 valence electrons. The molecule has 3 amide bonds. The standard InChI is InChI=1S/C18H21N3O2S/c1-12(2)24-16-9-4-3-8-15(16)17(22)20-11-13-6-5-7-14(10-13)21-18(19)23/h3-10,12H,11H2,1-2H3,(H,20,22)(H3,19,21,23). The van der Waals surface area contributed by atoms with Crippen LogP contribution in [0.5, 0.6) is 0 Å². The molecule has 2 aromatic carbocycles. The summed E-state index contributed by atoms with van der Waals surface area (Å²) in [5.41, 5.74) is 7.26. The van der Waals surface area contributed by atoms with E-state index in [-0.39, 0.29) is 5.91 Å². The third-order valence-corrected chi connectivity index (χ3v) is 4.22. The number of rotatable bonds is 6. The first kappa shape index (κ1) is 17.9. The Labute approximate surface area is 146 Å². The van der Waals surface area contributed by atoms with Crippen molar-refractivity contribution in [3.63, 3.8) is 0 Å². The van der Waals surface area contributed by atoms with Gasteiger partial charge in [-0.3, -0.25) is 4.79 Å². The molecule has 0 saturated carbocycles. The van der Waals surface area contributed by atoms with Crippen LogP contribution in [0.25, 0.3) is 0 Å². The Morgan fingerprint density at radius 1 is 1.12 bits per heavy atom. The lowest BCUT2D eigenvalue weighted by Gasteiger charge is -2.12. The number of hydrogen-bond donors (Lipinski definition) is 3. The molecular weight excluding hydrogens is 322 g/mol. The molecule has 0 unspecified atom stereocenters. The quantitative estimate of drug-likeness (QED) is 0.701. The van der Waals surface area contributed by atoms with E-state index in [9.17, 15) is 9.59 Å². The molecule has 0 spiro atoms. The Bertz CT molecular complexity index is 732. The molecule has 24 heavy (non-hydrogen) atoms. The van der Waals surface area contributed by atoms with Crippen LogP contribution in [0, 0.1) is 0 Å². The highest BCUT2D eigenvalue weighted by atomic mass is 32.2. The number of benzene rings is 2. The average molecular weight is 343 g/mol. The molecule has 4 N–H and O–H groups in total. The number of nitrogens with one attached hydrogen (secondary N) is 2. The van der Waals surface area contributed by atoms with E-state index in [2.05, 4.69) is 24.5 Å². The van der Waals surface area contributed by atoms with Gasteiger partial charge in [-0.2, -0.15) is 0 Å². The minimum Gasteiger partial charge on any atom is -0.351 e. The van der Waals surface area contributed by atoms with Crippen molar-refractivity contribution in [3.8, 4) is 0 Å². The summed E-state index contributed by atoms with van der Waals surface area (Å²) in [7, 11) is 0. The van der Waals surface area contributed by atoms with Crippen molar-refractivity contribution in [1.29, 1.82) is 0 Å². The fraction of sp³-hybridized carbons (Fsp3) is 0.222. The Morgan fingerprint density at radius 2 is 1.88 bits per heavy atom. The van der Waals surface area contributed by atoms with Gasteiger partial charge in [0.15, 0.2) is 0 Å². The molecular formula is C18H21N3O2S. The van der Waals surface area contributed by atoms with Crippen LogP contribution in [0.2, 0.25) is 0 Å². The van der Waals surface area contributed by atoms with E-state index in [1.54, 1.807) is 30.0 Å². The SMILES string of the molecule is CC(C)Sc1ccccc1C(=O)NCc1cccc(NC(N)=O)c1. The maximum atomic E-state index is 12.5. The molecule has 0 bridgehead atoms. The van der Waals surface area contributed by atoms with E-state index in [1.807, 2.05) is 30.3 Å². The third kappa shape index (κ3) is 5.31. The molecule has 6 heteroatoms. The smallest absolute Gasteiger partial charge is 0.316 e. The van der Waals surface area contributed by atoms with Crippen molar-refractivity contribution in [2.24, 2.45) is 5.73 Å². The Morgan fingerprint density at radius 3 is 2.58 bits per heavy atom. The number of amides is 3. The Kier molecular flexibility index (Phi) is 6.26. The van der Waals surface area contributed by atoms with E-state index < -0.39 is 6.03 Å². The number of urea groups is 1. The highest BCUT2D eigenvalue weighted by molar-refractivity contribution is 8.00. The van der Waals surface area contributed by atoms with E-state index in [0.29, 0.717) is 23.0 Å². The van der Waals surface area contributed by atoms with Gasteiger partial charge >= 0.3 is 6.03 Å². The lowest BCUT2D eigenvalue weighted by atomic mass is 10.1. The number of carbonyl (C=O) groups is 2. The molecule has 0 aromatic heterocycles. The van der Waals surface area contributed by atoms with Crippen LogP contribution < -0.4 is 16.4 Å². The fourth-order valence-electron chi connectivity index (χ4n) is 2.19. The van der Waals surface area contributed by atoms with Gasteiger partial charge in [-0.25, -0.2) is 4.79 Å². The number of carbonyl (C=O) groups excluding carboxylic acids is 2. The molecule has 0 aliphatic heterocycles. The van der Waals surface area contributed by atoms with Crippen LogP contribution >= 0.6 is 11.8 Å².